The number of fused-ring (bicyclic) bond motifs is 1. The van der Waals surface area contributed by atoms with Crippen LogP contribution in [0.25, 0.3) is 10.8 Å². The number of nitrogens with zero attached hydrogens (tertiary/aromatic N) is 1. The van der Waals surface area contributed by atoms with Gasteiger partial charge in [-0.1, -0.05) is 54.6 Å². The first-order valence-electron chi connectivity index (χ1n) is 7.68. The molecule has 3 rings (SSSR count). The van der Waals surface area contributed by atoms with E-state index < -0.39 is 0 Å². The van der Waals surface area contributed by atoms with Gasteiger partial charge in [0, 0.05) is 17.1 Å². The Labute approximate surface area is 132 Å². The third kappa shape index (κ3) is 2.62. The molecular weight excluding hydrogens is 266 g/mol. The molecule has 1 nitrogen and oxygen atoms in total. The first kappa shape index (κ1) is 14.4. The summed E-state index contributed by atoms with van der Waals surface area (Å²) in [4.78, 5) is 2.32. The molecule has 3 aromatic rings. The minimum Gasteiger partial charge on any atom is -0.315 e. The molecule has 0 unspecified atom stereocenters. The van der Waals surface area contributed by atoms with Crippen molar-refractivity contribution in [3.8, 4) is 0 Å². The van der Waals surface area contributed by atoms with Gasteiger partial charge in [0.05, 0.1) is 0 Å². The zero-order chi connectivity index (χ0) is 15.5. The number of benzene rings is 3. The Morgan fingerprint density at radius 2 is 1.55 bits per heavy atom. The second-order valence-corrected chi connectivity index (χ2v) is 5.58. The van der Waals surface area contributed by atoms with Crippen LogP contribution in [0.3, 0.4) is 0 Å². The van der Waals surface area contributed by atoms with Gasteiger partial charge in [-0.3, -0.25) is 0 Å². The number of aryl methyl sites for hydroxylation is 1. The SMILES string of the molecule is C/C=C(\C)N(c1ccc2ccccc2c1)c1ccccc1C. The predicted molar refractivity (Wildman–Crippen MR) is 96.7 cm³/mol. The molecule has 0 bridgehead atoms. The van der Waals surface area contributed by atoms with E-state index in [1.807, 2.05) is 0 Å². The third-order valence-electron chi connectivity index (χ3n) is 4.12. The highest BCUT2D eigenvalue weighted by atomic mass is 15.1. The van der Waals surface area contributed by atoms with Crippen LogP contribution < -0.4 is 4.90 Å². The molecule has 0 saturated heterocycles. The Kier molecular flexibility index (Phi) is 3.97. The van der Waals surface area contributed by atoms with Gasteiger partial charge in [0.25, 0.3) is 0 Å². The summed E-state index contributed by atoms with van der Waals surface area (Å²) in [5, 5.41) is 2.54. The second kappa shape index (κ2) is 6.07. The lowest BCUT2D eigenvalue weighted by Gasteiger charge is -2.27. The van der Waals surface area contributed by atoms with E-state index in [0.717, 1.165) is 0 Å². The van der Waals surface area contributed by atoms with Crippen molar-refractivity contribution < 1.29 is 0 Å². The molecule has 0 amide bonds. The zero-order valence-corrected chi connectivity index (χ0v) is 13.4. The van der Waals surface area contributed by atoms with E-state index in [4.69, 9.17) is 0 Å². The van der Waals surface area contributed by atoms with E-state index in [-0.39, 0.29) is 0 Å². The molecule has 3 aromatic carbocycles. The van der Waals surface area contributed by atoms with Gasteiger partial charge in [0.15, 0.2) is 0 Å². The summed E-state index contributed by atoms with van der Waals surface area (Å²) >= 11 is 0. The molecule has 0 spiro atoms. The van der Waals surface area contributed by atoms with E-state index in [2.05, 4.69) is 98.5 Å². The van der Waals surface area contributed by atoms with Crippen LogP contribution in [0.1, 0.15) is 19.4 Å². The van der Waals surface area contributed by atoms with Gasteiger partial charge in [-0.15, -0.1) is 0 Å². The number of rotatable bonds is 3. The second-order valence-electron chi connectivity index (χ2n) is 5.58. The van der Waals surface area contributed by atoms with Crippen molar-refractivity contribution in [1.82, 2.24) is 0 Å². The number of para-hydroxylation sites is 1. The van der Waals surface area contributed by atoms with Crippen LogP contribution >= 0.6 is 0 Å². The molecule has 0 aromatic heterocycles. The van der Waals surface area contributed by atoms with E-state index in [1.54, 1.807) is 0 Å². The van der Waals surface area contributed by atoms with Crippen LogP contribution in [0.2, 0.25) is 0 Å². The largest absolute Gasteiger partial charge is 0.315 e. The first-order chi connectivity index (χ1) is 10.7. The van der Waals surface area contributed by atoms with Crippen molar-refractivity contribution in [1.29, 1.82) is 0 Å². The topological polar surface area (TPSA) is 3.24 Å². The Balaban J connectivity index is 2.18. The van der Waals surface area contributed by atoms with E-state index >= 15 is 0 Å². The summed E-state index contributed by atoms with van der Waals surface area (Å²) < 4.78 is 0. The van der Waals surface area contributed by atoms with Gasteiger partial charge in [0.1, 0.15) is 0 Å². The quantitative estimate of drug-likeness (QED) is 0.553. The molecule has 0 aliphatic rings. The van der Waals surface area contributed by atoms with Gasteiger partial charge in [-0.25, -0.2) is 0 Å². The van der Waals surface area contributed by atoms with Crippen molar-refractivity contribution >= 4 is 22.1 Å². The lowest BCUT2D eigenvalue weighted by atomic mass is 10.1. The third-order valence-corrected chi connectivity index (χ3v) is 4.12. The Bertz CT molecular complexity index is 830. The van der Waals surface area contributed by atoms with Crippen LogP contribution in [0.15, 0.2) is 78.5 Å². The fraction of sp³-hybridized carbons (Fsp3) is 0.143. The van der Waals surface area contributed by atoms with E-state index in [1.165, 1.54) is 33.4 Å². The molecule has 0 heterocycles. The molecule has 0 radical (unpaired) electrons. The maximum absolute atomic E-state index is 2.32. The monoisotopic (exact) mass is 287 g/mol. The highest BCUT2D eigenvalue weighted by Gasteiger charge is 2.13. The minimum absolute atomic E-state index is 1.20. The van der Waals surface area contributed by atoms with Crippen molar-refractivity contribution in [3.05, 3.63) is 84.1 Å². The van der Waals surface area contributed by atoms with Crippen LogP contribution in [0.5, 0.6) is 0 Å². The van der Waals surface area contributed by atoms with Crippen molar-refractivity contribution in [2.24, 2.45) is 0 Å². The highest BCUT2D eigenvalue weighted by Crippen LogP contribution is 2.33. The van der Waals surface area contributed by atoms with Crippen LogP contribution in [0, 0.1) is 6.92 Å². The van der Waals surface area contributed by atoms with E-state index in [9.17, 15) is 0 Å². The molecule has 0 N–H and O–H groups in total. The molecule has 0 atom stereocenters. The summed E-state index contributed by atoms with van der Waals surface area (Å²) in [6, 6.07) is 23.7. The number of hydrogen-bond donors (Lipinski definition) is 0. The van der Waals surface area contributed by atoms with Gasteiger partial charge >= 0.3 is 0 Å². The summed E-state index contributed by atoms with van der Waals surface area (Å²) in [5.74, 6) is 0. The Hall–Kier alpha value is -2.54. The summed E-state index contributed by atoms with van der Waals surface area (Å²) in [6.45, 7) is 6.40. The lowest BCUT2D eigenvalue weighted by molar-refractivity contribution is 1.13. The number of hydrogen-bond acceptors (Lipinski definition) is 1. The molecule has 1 heteroatoms. The van der Waals surface area contributed by atoms with Crippen molar-refractivity contribution in [3.63, 3.8) is 0 Å². The van der Waals surface area contributed by atoms with Gasteiger partial charge < -0.3 is 4.90 Å². The fourth-order valence-electron chi connectivity index (χ4n) is 2.79. The van der Waals surface area contributed by atoms with Crippen molar-refractivity contribution in [2.45, 2.75) is 20.8 Å². The van der Waals surface area contributed by atoms with Gasteiger partial charge in [-0.2, -0.15) is 0 Å². The molecule has 22 heavy (non-hydrogen) atoms. The fourth-order valence-corrected chi connectivity index (χ4v) is 2.79. The maximum Gasteiger partial charge on any atom is 0.0487 e. The number of anilines is 2. The van der Waals surface area contributed by atoms with Gasteiger partial charge in [-0.05, 0) is 55.3 Å². The average molecular weight is 287 g/mol. The van der Waals surface area contributed by atoms with Crippen LogP contribution in [0.4, 0.5) is 11.4 Å². The summed E-state index contributed by atoms with van der Waals surface area (Å²) in [7, 11) is 0. The predicted octanol–water partition coefficient (Wildman–Crippen LogP) is 6.21. The lowest BCUT2D eigenvalue weighted by Crippen LogP contribution is -2.15. The molecular formula is C21H21N. The number of allylic oxidation sites excluding steroid dienone is 2. The summed E-state index contributed by atoms with van der Waals surface area (Å²) in [6.07, 6.45) is 2.15. The van der Waals surface area contributed by atoms with Crippen molar-refractivity contribution in [2.75, 3.05) is 4.90 Å². The Morgan fingerprint density at radius 3 is 2.27 bits per heavy atom. The van der Waals surface area contributed by atoms with Crippen LogP contribution in [-0.2, 0) is 0 Å². The molecule has 0 aliphatic carbocycles. The molecule has 0 aliphatic heterocycles. The van der Waals surface area contributed by atoms with Gasteiger partial charge in [0.2, 0.25) is 0 Å². The average Bonchev–Trinajstić information content (AvgIpc) is 2.56. The highest BCUT2D eigenvalue weighted by molar-refractivity contribution is 5.87. The zero-order valence-electron chi connectivity index (χ0n) is 13.4. The van der Waals surface area contributed by atoms with E-state index in [0.29, 0.717) is 0 Å². The normalized spacial score (nSPS) is 11.7. The standard InChI is InChI=1S/C21H21N/c1-4-17(3)22(21-12-8-5-9-16(21)2)20-14-13-18-10-6-7-11-19(18)15-20/h4-15H,1-3H3/b17-4+. The molecule has 110 valence electrons. The van der Waals surface area contributed by atoms with Crippen LogP contribution in [-0.4, -0.2) is 0 Å². The minimum atomic E-state index is 1.20. The summed E-state index contributed by atoms with van der Waals surface area (Å²) in [5.41, 5.74) is 4.93. The Morgan fingerprint density at radius 1 is 0.864 bits per heavy atom. The first-order valence-corrected chi connectivity index (χ1v) is 7.68. The maximum atomic E-state index is 2.32. The smallest absolute Gasteiger partial charge is 0.0487 e. The molecule has 0 saturated carbocycles. The molecule has 0 fully saturated rings.